The Morgan fingerprint density at radius 3 is 2.18 bits per heavy atom. The number of para-hydroxylation sites is 2. The van der Waals surface area contributed by atoms with Gasteiger partial charge in [0.1, 0.15) is 14.2 Å². The van der Waals surface area contributed by atoms with Gasteiger partial charge in [-0.25, -0.2) is 0 Å². The van der Waals surface area contributed by atoms with Crippen LogP contribution in [-0.4, -0.2) is 18.1 Å². The van der Waals surface area contributed by atoms with Crippen LogP contribution in [0.25, 0.3) is 0 Å². The summed E-state index contributed by atoms with van der Waals surface area (Å²) in [7, 11) is -0.362. The molecule has 1 N–H and O–H groups in total. The first kappa shape index (κ1) is 15.2. The van der Waals surface area contributed by atoms with E-state index >= 15 is 0 Å². The van der Waals surface area contributed by atoms with E-state index in [0.717, 1.165) is 0 Å². The van der Waals surface area contributed by atoms with Crippen molar-refractivity contribution in [1.82, 2.24) is 13.0 Å². The smallest absolute Gasteiger partial charge is 0.182 e. The number of hydrogen-bond acceptors (Lipinski definition) is 4. The number of aliphatic hydroxyl groups excluding tert-OH is 1. The van der Waals surface area contributed by atoms with Gasteiger partial charge in [0.15, 0.2) is 20.0 Å². The van der Waals surface area contributed by atoms with Crippen LogP contribution in [-0.2, 0) is 6.35 Å². The van der Waals surface area contributed by atoms with E-state index in [-0.39, 0.29) is 14.9 Å². The minimum absolute atomic E-state index is 0.0650. The van der Waals surface area contributed by atoms with Gasteiger partial charge in [-0.2, -0.15) is 4.51 Å². The SMILES string of the molecule is OCp1n(Oc2ccccc2)pn[pH]n1Oc1ccccc1. The normalized spacial score (nSPS) is 11.8. The molecule has 0 aliphatic carbocycles. The second kappa shape index (κ2) is 7.53. The summed E-state index contributed by atoms with van der Waals surface area (Å²) in [5.41, 5.74) is 0. The van der Waals surface area contributed by atoms with Crippen molar-refractivity contribution in [2.24, 2.45) is 0 Å². The molecule has 22 heavy (non-hydrogen) atoms. The Bertz CT molecular complexity index is 688. The topological polar surface area (TPSA) is 61.4 Å². The highest BCUT2D eigenvalue weighted by atomic mass is 31.2. The average Bonchev–Trinajstić information content (AvgIpc) is 2.57. The molecule has 0 fully saturated rings. The van der Waals surface area contributed by atoms with E-state index in [1.54, 1.807) is 8.51 Å². The number of rotatable bonds is 5. The molecule has 2 unspecified atom stereocenters. The number of aromatic nitrogens is 3. The minimum Gasteiger partial charge on any atom is -0.385 e. The molecule has 2 aromatic carbocycles. The summed E-state index contributed by atoms with van der Waals surface area (Å²) in [5, 5.41) is 9.73. The molecule has 0 spiro atoms. The molecule has 0 aliphatic heterocycles. The van der Waals surface area contributed by atoms with Crippen molar-refractivity contribution in [3.63, 3.8) is 0 Å². The molecule has 3 aromatic rings. The first-order chi connectivity index (χ1) is 10.9. The second-order valence-electron chi connectivity index (χ2n) is 4.14. The lowest BCUT2D eigenvalue weighted by Gasteiger charge is -2.17. The van der Waals surface area contributed by atoms with Crippen LogP contribution in [0.2, 0.25) is 0 Å². The van der Waals surface area contributed by atoms with E-state index in [1.807, 2.05) is 60.7 Å². The van der Waals surface area contributed by atoms with E-state index in [1.165, 1.54) is 0 Å². The van der Waals surface area contributed by atoms with Gasteiger partial charge in [-0.05, 0) is 24.3 Å². The maximum atomic E-state index is 9.73. The molecule has 9 heteroatoms. The molecule has 1 heterocycles. The highest BCUT2D eigenvalue weighted by Crippen LogP contribution is 2.34. The zero-order valence-corrected chi connectivity index (χ0v) is 14.3. The van der Waals surface area contributed by atoms with Gasteiger partial charge < -0.3 is 14.8 Å². The zero-order chi connectivity index (χ0) is 15.2. The molecule has 0 amide bonds. The third kappa shape index (κ3) is 3.73. The van der Waals surface area contributed by atoms with Crippen molar-refractivity contribution in [1.29, 1.82) is 0 Å². The van der Waals surface area contributed by atoms with Gasteiger partial charge in [0.05, 0.1) is 8.51 Å². The summed E-state index contributed by atoms with van der Waals surface area (Å²) >= 11 is 0. The molecule has 6 nitrogen and oxygen atoms in total. The number of aliphatic hydroxyl groups is 1. The summed E-state index contributed by atoms with van der Waals surface area (Å²) in [6.07, 6.45) is -0.0650. The van der Waals surface area contributed by atoms with Crippen LogP contribution >= 0.6 is 24.9 Å². The predicted molar refractivity (Wildman–Crippen MR) is 89.7 cm³/mol. The molecule has 2 atom stereocenters. The molecule has 3 rings (SSSR count). The molecule has 1 aromatic heterocycles. The van der Waals surface area contributed by atoms with Gasteiger partial charge in [-0.1, -0.05) is 36.4 Å². The zero-order valence-electron chi connectivity index (χ0n) is 11.5. The molecular formula is C13H14N3O3P3. The first-order valence-corrected chi connectivity index (χ1v) is 9.60. The summed E-state index contributed by atoms with van der Waals surface area (Å²) in [6, 6.07) is 18.9. The van der Waals surface area contributed by atoms with Crippen LogP contribution in [0.5, 0.6) is 11.5 Å². The third-order valence-electron chi connectivity index (χ3n) is 2.65. The van der Waals surface area contributed by atoms with Crippen LogP contribution in [0, 0.1) is 0 Å². The van der Waals surface area contributed by atoms with Crippen molar-refractivity contribution in [2.75, 3.05) is 0 Å². The van der Waals surface area contributed by atoms with E-state index < -0.39 is 7.85 Å². The van der Waals surface area contributed by atoms with Crippen molar-refractivity contribution in [3.05, 3.63) is 60.7 Å². The first-order valence-electron chi connectivity index (χ1n) is 6.47. The lowest BCUT2D eigenvalue weighted by atomic mass is 10.3. The van der Waals surface area contributed by atoms with E-state index in [9.17, 15) is 5.11 Å². The van der Waals surface area contributed by atoms with Gasteiger partial charge in [-0.15, -0.1) is 8.51 Å². The van der Waals surface area contributed by atoms with Crippen LogP contribution in [0.15, 0.2) is 60.7 Å². The predicted octanol–water partition coefficient (Wildman–Crippen LogP) is 4.04. The maximum absolute atomic E-state index is 9.73. The average molecular weight is 353 g/mol. The Kier molecular flexibility index (Phi) is 5.20. The molecule has 0 saturated heterocycles. The Labute approximate surface area is 131 Å². The molecule has 114 valence electrons. The lowest BCUT2D eigenvalue weighted by molar-refractivity contribution is 0.235. The maximum Gasteiger partial charge on any atom is 0.182 e. The third-order valence-corrected chi connectivity index (χ3v) is 6.91. The van der Waals surface area contributed by atoms with Crippen molar-refractivity contribution in [3.8, 4) is 11.5 Å². The summed E-state index contributed by atoms with van der Waals surface area (Å²) in [6.45, 7) is 0. The van der Waals surface area contributed by atoms with Crippen LogP contribution in [0.3, 0.4) is 0 Å². The Morgan fingerprint density at radius 2 is 1.59 bits per heavy atom. The van der Waals surface area contributed by atoms with Gasteiger partial charge in [0, 0.05) is 0 Å². The van der Waals surface area contributed by atoms with Gasteiger partial charge in [0.2, 0.25) is 0 Å². The van der Waals surface area contributed by atoms with Gasteiger partial charge in [-0.3, -0.25) is 0 Å². The number of benzene rings is 2. The molecule has 0 bridgehead atoms. The Morgan fingerprint density at radius 1 is 1.00 bits per heavy atom. The fourth-order valence-electron chi connectivity index (χ4n) is 1.67. The van der Waals surface area contributed by atoms with Crippen LogP contribution in [0.1, 0.15) is 0 Å². The highest BCUT2D eigenvalue weighted by Gasteiger charge is 2.08. The molecule has 0 aliphatic rings. The minimum atomic E-state index is -1.16. The van der Waals surface area contributed by atoms with Crippen molar-refractivity contribution < 1.29 is 14.8 Å². The Balaban J connectivity index is 1.90. The monoisotopic (exact) mass is 353 g/mol. The molecule has 0 radical (unpaired) electrons. The summed E-state index contributed by atoms with van der Waals surface area (Å²) in [4.78, 5) is 11.6. The van der Waals surface area contributed by atoms with Crippen molar-refractivity contribution >= 4 is 24.9 Å². The van der Waals surface area contributed by atoms with E-state index in [2.05, 4.69) is 4.51 Å². The summed E-state index contributed by atoms with van der Waals surface area (Å²) < 4.78 is 7.67. The van der Waals surface area contributed by atoms with Crippen LogP contribution < -0.4 is 9.68 Å². The summed E-state index contributed by atoms with van der Waals surface area (Å²) in [5.74, 6) is 1.42. The number of hydrogen-bond donors (Lipinski definition) is 1. The van der Waals surface area contributed by atoms with E-state index in [4.69, 9.17) is 9.68 Å². The molecular weight excluding hydrogens is 339 g/mol. The second-order valence-corrected chi connectivity index (χ2v) is 8.53. The quantitative estimate of drug-likeness (QED) is 0.752. The fraction of sp³-hybridized carbons (Fsp3) is 0.0769. The van der Waals surface area contributed by atoms with Gasteiger partial charge >= 0.3 is 0 Å². The highest BCUT2D eigenvalue weighted by molar-refractivity contribution is 7.53. The Hall–Kier alpha value is -1.70. The lowest BCUT2D eigenvalue weighted by Crippen LogP contribution is -2.09. The molecule has 0 saturated carbocycles. The van der Waals surface area contributed by atoms with Crippen LogP contribution in [0.4, 0.5) is 0 Å². The number of nitrogens with zero attached hydrogens (tertiary/aromatic N) is 3. The van der Waals surface area contributed by atoms with E-state index in [0.29, 0.717) is 20.0 Å². The fourth-order valence-corrected chi connectivity index (χ4v) is 6.00. The standard InChI is InChI=1S/C13H14N3O3P3/c17-11-22-15(18-12-7-3-1-4-8-12)20-14-21-16(22)19-13-9-5-2-6-10-13/h1-10,17,20H,11H2. The van der Waals surface area contributed by atoms with Crippen molar-refractivity contribution in [2.45, 2.75) is 6.35 Å². The largest absolute Gasteiger partial charge is 0.385 e. The van der Waals surface area contributed by atoms with Gasteiger partial charge in [0.25, 0.3) is 0 Å².